The Balaban J connectivity index is 2.24. The summed E-state index contributed by atoms with van der Waals surface area (Å²) < 4.78 is 37.4. The molecule has 36 heavy (non-hydrogen) atoms. The van der Waals surface area contributed by atoms with Crippen molar-refractivity contribution in [2.75, 3.05) is 20.3 Å². The summed E-state index contributed by atoms with van der Waals surface area (Å²) in [5.41, 5.74) is 1.03. The van der Waals surface area contributed by atoms with E-state index in [0.29, 0.717) is 46.1 Å². The number of esters is 1. The molecule has 0 saturated carbocycles. The molecule has 1 atom stereocenters. The summed E-state index contributed by atoms with van der Waals surface area (Å²) in [6, 6.07) is 13.2. The Morgan fingerprint density at radius 1 is 0.861 bits per heavy atom. The first-order valence-electron chi connectivity index (χ1n) is 12.6. The standard InChI is InChI=1S/C29H36O6S/c1-6-9-17-33-28-26(32-5)24-19-22(36(31)25-14-12-11-13-21(25)8-3)15-16-23(24)27(35-20(4)30)29(28)34-18-10-7-2/h11-16,19H,6-10,17-18H2,1-5H3. The molecule has 0 aliphatic carbocycles. The average Bonchev–Trinajstić information content (AvgIpc) is 2.89. The van der Waals surface area contributed by atoms with Gasteiger partial charge in [0.25, 0.3) is 0 Å². The van der Waals surface area contributed by atoms with Gasteiger partial charge in [0.05, 0.1) is 20.3 Å². The zero-order chi connectivity index (χ0) is 26.1. The Labute approximate surface area is 217 Å². The van der Waals surface area contributed by atoms with Crippen LogP contribution in [0.5, 0.6) is 23.0 Å². The van der Waals surface area contributed by atoms with Crippen LogP contribution in [-0.2, 0) is 22.4 Å². The van der Waals surface area contributed by atoms with Gasteiger partial charge in [-0.05, 0) is 37.5 Å². The molecule has 7 heteroatoms. The second-order valence-corrected chi connectivity index (χ2v) is 9.90. The number of methoxy groups -OCH3 is 1. The number of hydrogen-bond acceptors (Lipinski definition) is 6. The van der Waals surface area contributed by atoms with Gasteiger partial charge in [0.1, 0.15) is 0 Å². The third-order valence-corrected chi connectivity index (χ3v) is 7.28. The zero-order valence-corrected chi connectivity index (χ0v) is 22.7. The van der Waals surface area contributed by atoms with Crippen LogP contribution in [0.15, 0.2) is 52.3 Å². The highest BCUT2D eigenvalue weighted by Crippen LogP contribution is 2.52. The van der Waals surface area contributed by atoms with E-state index in [9.17, 15) is 9.35 Å². The number of fused-ring (bicyclic) bond motifs is 1. The molecule has 3 rings (SSSR count). The van der Waals surface area contributed by atoms with E-state index in [4.69, 9.17) is 18.9 Å². The SMILES string of the molecule is CCCCOc1c(OCCCC)c(OC(C)=O)c2ccc([S+]([O-])c3ccccc3CC)cc2c1OC. The van der Waals surface area contributed by atoms with Gasteiger partial charge in [0.2, 0.25) is 11.5 Å². The number of unbranched alkanes of at least 4 members (excludes halogenated alkanes) is 2. The monoisotopic (exact) mass is 512 g/mol. The van der Waals surface area contributed by atoms with E-state index in [0.717, 1.165) is 42.6 Å². The summed E-state index contributed by atoms with van der Waals surface area (Å²) in [5.74, 6) is 1.02. The molecule has 0 amide bonds. The van der Waals surface area contributed by atoms with Crippen LogP contribution in [0.25, 0.3) is 10.8 Å². The fraction of sp³-hybridized carbons (Fsp3) is 0.414. The molecule has 0 aliphatic rings. The molecule has 0 N–H and O–H groups in total. The second kappa shape index (κ2) is 13.4. The average molecular weight is 513 g/mol. The minimum atomic E-state index is -1.40. The smallest absolute Gasteiger partial charge is 0.308 e. The Morgan fingerprint density at radius 3 is 2.08 bits per heavy atom. The van der Waals surface area contributed by atoms with E-state index >= 15 is 0 Å². The maximum atomic E-state index is 13.6. The van der Waals surface area contributed by atoms with Crippen LogP contribution in [0.1, 0.15) is 58.9 Å². The van der Waals surface area contributed by atoms with E-state index in [1.165, 1.54) is 6.92 Å². The van der Waals surface area contributed by atoms with Gasteiger partial charge in [-0.3, -0.25) is 4.79 Å². The predicted octanol–water partition coefficient (Wildman–Crippen LogP) is 6.86. The highest BCUT2D eigenvalue weighted by Gasteiger charge is 2.28. The number of ether oxygens (including phenoxy) is 4. The van der Waals surface area contributed by atoms with Gasteiger partial charge in [-0.15, -0.1) is 0 Å². The van der Waals surface area contributed by atoms with Gasteiger partial charge in [0.15, 0.2) is 21.3 Å². The summed E-state index contributed by atoms with van der Waals surface area (Å²) in [4.78, 5) is 13.5. The lowest BCUT2D eigenvalue weighted by Gasteiger charge is -2.22. The predicted molar refractivity (Wildman–Crippen MR) is 143 cm³/mol. The Bertz CT molecular complexity index is 1180. The Hall–Kier alpha value is -2.90. The lowest BCUT2D eigenvalue weighted by atomic mass is 10.1. The fourth-order valence-electron chi connectivity index (χ4n) is 3.93. The number of rotatable bonds is 13. The molecule has 0 saturated heterocycles. The quantitative estimate of drug-likeness (QED) is 0.108. The van der Waals surface area contributed by atoms with Gasteiger partial charge in [-0.1, -0.05) is 51.8 Å². The Morgan fingerprint density at radius 2 is 1.50 bits per heavy atom. The topological polar surface area (TPSA) is 77.1 Å². The normalized spacial score (nSPS) is 11.8. The largest absolute Gasteiger partial charge is 0.606 e. The highest BCUT2D eigenvalue weighted by atomic mass is 32.2. The van der Waals surface area contributed by atoms with Crippen LogP contribution in [0.4, 0.5) is 0 Å². The van der Waals surface area contributed by atoms with Crippen molar-refractivity contribution in [2.45, 2.75) is 69.6 Å². The fourth-order valence-corrected chi connectivity index (χ4v) is 5.25. The summed E-state index contributed by atoms with van der Waals surface area (Å²) in [5, 5.41) is 1.27. The first-order chi connectivity index (χ1) is 17.5. The first-order valence-corrected chi connectivity index (χ1v) is 13.7. The van der Waals surface area contributed by atoms with Crippen molar-refractivity contribution in [3.05, 3.63) is 48.0 Å². The summed E-state index contributed by atoms with van der Waals surface area (Å²) >= 11 is -1.40. The van der Waals surface area contributed by atoms with Gasteiger partial charge in [-0.25, -0.2) is 0 Å². The van der Waals surface area contributed by atoms with Gasteiger partial charge >= 0.3 is 5.97 Å². The van der Waals surface area contributed by atoms with Crippen LogP contribution in [0, 0.1) is 0 Å². The van der Waals surface area contributed by atoms with Crippen LogP contribution in [0.2, 0.25) is 0 Å². The molecule has 194 valence electrons. The summed E-state index contributed by atoms with van der Waals surface area (Å²) in [7, 11) is 1.57. The van der Waals surface area contributed by atoms with Crippen molar-refractivity contribution in [2.24, 2.45) is 0 Å². The van der Waals surface area contributed by atoms with Crippen LogP contribution < -0.4 is 18.9 Å². The van der Waals surface area contributed by atoms with Gasteiger partial charge in [-0.2, -0.15) is 0 Å². The molecule has 0 bridgehead atoms. The van der Waals surface area contributed by atoms with Gasteiger partial charge < -0.3 is 23.5 Å². The molecule has 3 aromatic rings. The third-order valence-electron chi connectivity index (χ3n) is 5.80. The molecule has 0 spiro atoms. The van der Waals surface area contributed by atoms with Crippen molar-refractivity contribution in [1.29, 1.82) is 0 Å². The zero-order valence-electron chi connectivity index (χ0n) is 21.8. The number of benzene rings is 3. The highest BCUT2D eigenvalue weighted by molar-refractivity contribution is 7.91. The summed E-state index contributed by atoms with van der Waals surface area (Å²) in [6.07, 6.45) is 4.37. The lowest BCUT2D eigenvalue weighted by Crippen LogP contribution is -2.10. The van der Waals surface area contributed by atoms with Crippen LogP contribution in [-0.4, -0.2) is 30.8 Å². The van der Waals surface area contributed by atoms with Crippen molar-refractivity contribution >= 4 is 27.9 Å². The van der Waals surface area contributed by atoms with E-state index in [1.807, 2.05) is 37.3 Å². The number of aryl methyl sites for hydroxylation is 1. The van der Waals surface area contributed by atoms with E-state index in [1.54, 1.807) is 19.2 Å². The van der Waals surface area contributed by atoms with Crippen molar-refractivity contribution in [1.82, 2.24) is 0 Å². The van der Waals surface area contributed by atoms with E-state index < -0.39 is 17.1 Å². The van der Waals surface area contributed by atoms with E-state index in [2.05, 4.69) is 13.8 Å². The first kappa shape index (κ1) is 27.7. The molecule has 6 nitrogen and oxygen atoms in total. The molecular formula is C29H36O6S. The van der Waals surface area contributed by atoms with E-state index in [-0.39, 0.29) is 5.75 Å². The molecule has 1 unspecified atom stereocenters. The van der Waals surface area contributed by atoms with Crippen LogP contribution >= 0.6 is 0 Å². The Kier molecular flexibility index (Phi) is 10.3. The van der Waals surface area contributed by atoms with Crippen molar-refractivity contribution in [3.63, 3.8) is 0 Å². The third kappa shape index (κ3) is 6.26. The summed E-state index contributed by atoms with van der Waals surface area (Å²) in [6.45, 7) is 8.46. The van der Waals surface area contributed by atoms with Crippen LogP contribution in [0.3, 0.4) is 0 Å². The van der Waals surface area contributed by atoms with Crippen molar-refractivity contribution in [3.8, 4) is 23.0 Å². The maximum Gasteiger partial charge on any atom is 0.308 e. The number of carbonyl (C=O) groups is 1. The molecule has 0 fully saturated rings. The molecule has 0 aliphatic heterocycles. The second-order valence-electron chi connectivity index (χ2n) is 8.46. The molecule has 0 heterocycles. The number of hydrogen-bond donors (Lipinski definition) is 0. The minimum absolute atomic E-state index is 0.284. The van der Waals surface area contributed by atoms with Gasteiger partial charge in [0, 0.05) is 40.5 Å². The molecule has 0 aromatic heterocycles. The molecular weight excluding hydrogens is 476 g/mol. The molecule has 0 radical (unpaired) electrons. The van der Waals surface area contributed by atoms with Crippen molar-refractivity contribution < 1.29 is 28.3 Å². The maximum absolute atomic E-state index is 13.6. The minimum Gasteiger partial charge on any atom is -0.606 e. The lowest BCUT2D eigenvalue weighted by molar-refractivity contribution is -0.131. The number of carbonyl (C=O) groups excluding carboxylic acids is 1. The molecule has 3 aromatic carbocycles.